The van der Waals surface area contributed by atoms with Crippen molar-refractivity contribution in [2.45, 2.75) is 18.9 Å². The molecule has 0 unspecified atom stereocenters. The molecule has 0 radical (unpaired) electrons. The second-order valence-electron chi connectivity index (χ2n) is 6.13. The SMILES string of the molecule is CN(c1cc(F)cc(I)c1)C1CCN(C(=O)c2ccccc2)CC1. The van der Waals surface area contributed by atoms with Crippen LogP contribution in [0.3, 0.4) is 0 Å². The number of halogens is 2. The number of anilines is 1. The molecule has 126 valence electrons. The molecule has 3 nitrogen and oxygen atoms in total. The molecule has 1 amide bonds. The van der Waals surface area contributed by atoms with Crippen molar-refractivity contribution in [3.63, 3.8) is 0 Å². The van der Waals surface area contributed by atoms with Crippen LogP contribution in [0.2, 0.25) is 0 Å². The molecule has 0 aliphatic carbocycles. The summed E-state index contributed by atoms with van der Waals surface area (Å²) in [6.07, 6.45) is 1.78. The van der Waals surface area contributed by atoms with Gasteiger partial charge in [-0.3, -0.25) is 4.79 Å². The highest BCUT2D eigenvalue weighted by molar-refractivity contribution is 14.1. The molecule has 2 aromatic carbocycles. The molecule has 0 saturated carbocycles. The van der Waals surface area contributed by atoms with Crippen molar-refractivity contribution in [1.82, 2.24) is 4.90 Å². The Morgan fingerprint density at radius 1 is 1.17 bits per heavy atom. The number of amides is 1. The van der Waals surface area contributed by atoms with E-state index in [1.165, 1.54) is 6.07 Å². The van der Waals surface area contributed by atoms with Gasteiger partial charge in [0.1, 0.15) is 5.82 Å². The molecule has 24 heavy (non-hydrogen) atoms. The minimum absolute atomic E-state index is 0.0945. The van der Waals surface area contributed by atoms with Crippen molar-refractivity contribution < 1.29 is 9.18 Å². The first-order chi connectivity index (χ1) is 11.5. The van der Waals surface area contributed by atoms with Crippen LogP contribution in [0.5, 0.6) is 0 Å². The predicted octanol–water partition coefficient (Wildman–Crippen LogP) is 4.17. The largest absolute Gasteiger partial charge is 0.371 e. The molecule has 1 aliphatic rings. The topological polar surface area (TPSA) is 23.6 Å². The summed E-state index contributed by atoms with van der Waals surface area (Å²) in [6, 6.07) is 14.8. The van der Waals surface area contributed by atoms with Crippen molar-refractivity contribution in [1.29, 1.82) is 0 Å². The van der Waals surface area contributed by atoms with Crippen molar-refractivity contribution in [2.75, 3.05) is 25.0 Å². The minimum atomic E-state index is -0.208. The summed E-state index contributed by atoms with van der Waals surface area (Å²) in [6.45, 7) is 1.46. The standard InChI is InChI=1S/C19H20FIN2O/c1-22(18-12-15(20)11-16(21)13-18)17-7-9-23(10-8-17)19(24)14-5-3-2-4-6-14/h2-6,11-13,17H,7-10H2,1H3. The van der Waals surface area contributed by atoms with Crippen molar-refractivity contribution in [3.8, 4) is 0 Å². The van der Waals surface area contributed by atoms with Gasteiger partial charge in [0.15, 0.2) is 0 Å². The van der Waals surface area contributed by atoms with Gasteiger partial charge in [-0.2, -0.15) is 0 Å². The molecule has 0 spiro atoms. The maximum absolute atomic E-state index is 13.6. The highest BCUT2D eigenvalue weighted by Crippen LogP contribution is 2.25. The van der Waals surface area contributed by atoms with Crippen molar-refractivity contribution >= 4 is 34.2 Å². The first-order valence-electron chi connectivity index (χ1n) is 8.08. The van der Waals surface area contributed by atoms with E-state index in [2.05, 4.69) is 27.5 Å². The molecule has 3 rings (SSSR count). The monoisotopic (exact) mass is 438 g/mol. The molecule has 1 heterocycles. The number of carbonyl (C=O) groups excluding carboxylic acids is 1. The first-order valence-corrected chi connectivity index (χ1v) is 9.16. The lowest BCUT2D eigenvalue weighted by Gasteiger charge is -2.38. The van der Waals surface area contributed by atoms with Gasteiger partial charge in [-0.05, 0) is 65.8 Å². The van der Waals surface area contributed by atoms with Gasteiger partial charge in [0.25, 0.3) is 5.91 Å². The Bertz CT molecular complexity index is 694. The highest BCUT2D eigenvalue weighted by atomic mass is 127. The van der Waals surface area contributed by atoms with E-state index in [1.807, 2.05) is 48.3 Å². The Kier molecular flexibility index (Phi) is 5.38. The Morgan fingerprint density at radius 3 is 2.46 bits per heavy atom. The Hall–Kier alpha value is -1.63. The van der Waals surface area contributed by atoms with E-state index < -0.39 is 0 Å². The molecule has 5 heteroatoms. The molecule has 0 aromatic heterocycles. The number of nitrogens with zero attached hydrogens (tertiary/aromatic N) is 2. The van der Waals surface area contributed by atoms with Gasteiger partial charge in [0, 0.05) is 41.0 Å². The van der Waals surface area contributed by atoms with Crippen LogP contribution < -0.4 is 4.90 Å². The zero-order valence-corrected chi connectivity index (χ0v) is 15.7. The third-order valence-electron chi connectivity index (χ3n) is 4.57. The van der Waals surface area contributed by atoms with Crippen LogP contribution in [0, 0.1) is 9.39 Å². The van der Waals surface area contributed by atoms with Crippen LogP contribution in [0.1, 0.15) is 23.2 Å². The van der Waals surface area contributed by atoms with Gasteiger partial charge >= 0.3 is 0 Å². The van der Waals surface area contributed by atoms with E-state index in [9.17, 15) is 9.18 Å². The molecule has 0 N–H and O–H groups in total. The van der Waals surface area contributed by atoms with E-state index in [0.29, 0.717) is 6.04 Å². The summed E-state index contributed by atoms with van der Waals surface area (Å²) >= 11 is 2.13. The maximum atomic E-state index is 13.6. The fourth-order valence-electron chi connectivity index (χ4n) is 3.17. The average molecular weight is 438 g/mol. The van der Waals surface area contributed by atoms with E-state index >= 15 is 0 Å². The lowest BCUT2D eigenvalue weighted by atomic mass is 10.0. The highest BCUT2D eigenvalue weighted by Gasteiger charge is 2.26. The van der Waals surface area contributed by atoms with Gasteiger partial charge in [-0.25, -0.2) is 4.39 Å². The van der Waals surface area contributed by atoms with Crippen LogP contribution in [0.15, 0.2) is 48.5 Å². The van der Waals surface area contributed by atoms with Crippen LogP contribution in [-0.2, 0) is 0 Å². The average Bonchev–Trinajstić information content (AvgIpc) is 2.60. The minimum Gasteiger partial charge on any atom is -0.371 e. The molecular weight excluding hydrogens is 418 g/mol. The third-order valence-corrected chi connectivity index (χ3v) is 5.20. The van der Waals surface area contributed by atoms with Gasteiger partial charge in [0.2, 0.25) is 0 Å². The summed E-state index contributed by atoms with van der Waals surface area (Å²) in [7, 11) is 2.00. The molecule has 2 aromatic rings. The van der Waals surface area contributed by atoms with Gasteiger partial charge < -0.3 is 9.80 Å². The summed E-state index contributed by atoms with van der Waals surface area (Å²) in [5.74, 6) is -0.113. The van der Waals surface area contributed by atoms with Crippen LogP contribution in [0.25, 0.3) is 0 Å². The number of hydrogen-bond acceptors (Lipinski definition) is 2. The van der Waals surface area contributed by atoms with Gasteiger partial charge in [0.05, 0.1) is 0 Å². The predicted molar refractivity (Wildman–Crippen MR) is 103 cm³/mol. The number of benzene rings is 2. The molecule has 0 atom stereocenters. The van der Waals surface area contributed by atoms with Gasteiger partial charge in [-0.1, -0.05) is 18.2 Å². The second-order valence-corrected chi connectivity index (χ2v) is 7.37. The fourth-order valence-corrected chi connectivity index (χ4v) is 3.79. The van der Waals surface area contributed by atoms with Crippen LogP contribution in [0.4, 0.5) is 10.1 Å². The zero-order chi connectivity index (χ0) is 17.1. The van der Waals surface area contributed by atoms with Crippen molar-refractivity contribution in [2.24, 2.45) is 0 Å². The third kappa shape index (κ3) is 3.88. The summed E-state index contributed by atoms with van der Waals surface area (Å²) < 4.78 is 14.5. The molecule has 1 saturated heterocycles. The van der Waals surface area contributed by atoms with E-state index in [4.69, 9.17) is 0 Å². The van der Waals surface area contributed by atoms with Crippen molar-refractivity contribution in [3.05, 3.63) is 63.5 Å². The Balaban J connectivity index is 1.63. The first kappa shape index (κ1) is 17.2. The summed E-state index contributed by atoms with van der Waals surface area (Å²) in [5, 5.41) is 0. The van der Waals surface area contributed by atoms with E-state index in [0.717, 1.165) is 40.8 Å². The van der Waals surface area contributed by atoms with Crippen LogP contribution >= 0.6 is 22.6 Å². The maximum Gasteiger partial charge on any atom is 0.253 e. The van der Waals surface area contributed by atoms with Gasteiger partial charge in [-0.15, -0.1) is 0 Å². The summed E-state index contributed by atoms with van der Waals surface area (Å²) in [5.41, 5.74) is 1.64. The number of carbonyl (C=O) groups is 1. The molecule has 1 fully saturated rings. The molecule has 0 bridgehead atoms. The fraction of sp³-hybridized carbons (Fsp3) is 0.316. The zero-order valence-electron chi connectivity index (χ0n) is 13.6. The van der Waals surface area contributed by atoms with Crippen LogP contribution in [-0.4, -0.2) is 37.0 Å². The Labute approximate surface area is 155 Å². The van der Waals surface area contributed by atoms with E-state index in [-0.39, 0.29) is 11.7 Å². The smallest absolute Gasteiger partial charge is 0.253 e. The summed E-state index contributed by atoms with van der Waals surface area (Å²) in [4.78, 5) is 16.5. The molecule has 1 aliphatic heterocycles. The van der Waals surface area contributed by atoms with E-state index in [1.54, 1.807) is 6.07 Å². The molecular formula is C19H20FIN2O. The quantitative estimate of drug-likeness (QED) is 0.672. The number of rotatable bonds is 3. The second kappa shape index (κ2) is 7.51. The lowest BCUT2D eigenvalue weighted by molar-refractivity contribution is 0.0713. The normalized spacial score (nSPS) is 15.4. The number of likely N-dealkylation sites (tertiary alicyclic amines) is 1. The number of hydrogen-bond donors (Lipinski definition) is 0. The lowest BCUT2D eigenvalue weighted by Crippen LogP contribution is -2.45. The Morgan fingerprint density at radius 2 is 1.83 bits per heavy atom. The number of piperidine rings is 1.